The van der Waals surface area contributed by atoms with Crippen LogP contribution >= 0.6 is 0 Å². The van der Waals surface area contributed by atoms with Gasteiger partial charge >= 0.3 is 0 Å². The van der Waals surface area contributed by atoms with Crippen LogP contribution in [0.1, 0.15) is 19.4 Å². The summed E-state index contributed by atoms with van der Waals surface area (Å²) in [6, 6.07) is 8.30. The van der Waals surface area contributed by atoms with Crippen LogP contribution < -0.4 is 5.32 Å². The van der Waals surface area contributed by atoms with Crippen molar-refractivity contribution < 1.29 is 4.79 Å². The maximum absolute atomic E-state index is 12.8. The van der Waals surface area contributed by atoms with Gasteiger partial charge in [0.25, 0.3) is 0 Å². The molecular weight excluding hydrogens is 262 g/mol. The first-order valence-electron chi connectivity index (χ1n) is 7.79. The number of para-hydroxylation sites is 1. The molecule has 0 bridgehead atoms. The van der Waals surface area contributed by atoms with Crippen molar-refractivity contribution in [3.05, 3.63) is 29.8 Å². The maximum Gasteiger partial charge on any atom is 0.227 e. The Morgan fingerprint density at radius 3 is 2.81 bits per heavy atom. The first kappa shape index (κ1) is 14.4. The maximum atomic E-state index is 12.8. The molecule has 0 aromatic heterocycles. The van der Waals surface area contributed by atoms with E-state index in [4.69, 9.17) is 0 Å². The van der Waals surface area contributed by atoms with E-state index in [9.17, 15) is 4.79 Å². The lowest BCUT2D eigenvalue weighted by Gasteiger charge is -2.46. The summed E-state index contributed by atoms with van der Waals surface area (Å²) in [5.41, 5.74) is 2.50. The lowest BCUT2D eigenvalue weighted by atomic mass is 9.91. The van der Waals surface area contributed by atoms with Gasteiger partial charge in [0.15, 0.2) is 0 Å². The number of carbonyl (C=O) groups excluding carboxylic acids is 1. The van der Waals surface area contributed by atoms with Crippen LogP contribution in [0.25, 0.3) is 0 Å². The molecule has 1 aromatic rings. The van der Waals surface area contributed by atoms with Crippen molar-refractivity contribution in [2.75, 3.05) is 38.5 Å². The molecule has 2 aliphatic rings. The van der Waals surface area contributed by atoms with Crippen molar-refractivity contribution >= 4 is 11.6 Å². The molecule has 21 heavy (non-hydrogen) atoms. The highest BCUT2D eigenvalue weighted by atomic mass is 16.2. The summed E-state index contributed by atoms with van der Waals surface area (Å²) in [6.45, 7) is 7.79. The van der Waals surface area contributed by atoms with E-state index in [-0.39, 0.29) is 11.5 Å². The minimum atomic E-state index is 0.0634. The van der Waals surface area contributed by atoms with Gasteiger partial charge in [-0.3, -0.25) is 9.69 Å². The van der Waals surface area contributed by atoms with Crippen molar-refractivity contribution in [2.24, 2.45) is 5.92 Å². The molecule has 0 saturated carbocycles. The van der Waals surface area contributed by atoms with Crippen molar-refractivity contribution in [1.29, 1.82) is 0 Å². The smallest absolute Gasteiger partial charge is 0.227 e. The number of hydrogen-bond donors (Lipinski definition) is 1. The fraction of sp³-hybridized carbons (Fsp3) is 0.588. The number of nitrogens with zero attached hydrogens (tertiary/aromatic N) is 2. The molecule has 1 amide bonds. The van der Waals surface area contributed by atoms with Crippen molar-refractivity contribution in [2.45, 2.75) is 25.8 Å². The number of hydrogen-bond acceptors (Lipinski definition) is 3. The Morgan fingerprint density at radius 1 is 1.29 bits per heavy atom. The summed E-state index contributed by atoms with van der Waals surface area (Å²) in [7, 11) is 2.14. The topological polar surface area (TPSA) is 35.6 Å². The van der Waals surface area contributed by atoms with Gasteiger partial charge in [0, 0.05) is 37.4 Å². The van der Waals surface area contributed by atoms with E-state index in [2.05, 4.69) is 48.1 Å². The molecule has 4 heteroatoms. The summed E-state index contributed by atoms with van der Waals surface area (Å²) in [4.78, 5) is 17.2. The van der Waals surface area contributed by atoms with E-state index in [1.165, 1.54) is 11.3 Å². The third-order valence-electron chi connectivity index (χ3n) is 5.00. The third-order valence-corrected chi connectivity index (χ3v) is 5.00. The number of amides is 1. The van der Waals surface area contributed by atoms with Crippen LogP contribution in [-0.4, -0.2) is 54.5 Å². The van der Waals surface area contributed by atoms with Crippen LogP contribution in [0.2, 0.25) is 0 Å². The SMILES string of the molecule is CN1CCN(C(=O)C2CNc3ccccc3C2)CC1(C)C. The van der Waals surface area contributed by atoms with Gasteiger partial charge < -0.3 is 10.2 Å². The Balaban J connectivity index is 1.70. The molecule has 0 spiro atoms. The molecule has 0 aliphatic carbocycles. The first-order valence-corrected chi connectivity index (χ1v) is 7.79. The summed E-state index contributed by atoms with van der Waals surface area (Å²) in [6.07, 6.45) is 0.856. The predicted octanol–water partition coefficient (Wildman–Crippen LogP) is 1.82. The third kappa shape index (κ3) is 2.77. The summed E-state index contributed by atoms with van der Waals surface area (Å²) in [5, 5.41) is 3.40. The quantitative estimate of drug-likeness (QED) is 0.856. The standard InChI is InChI=1S/C17H25N3O/c1-17(2)12-20(9-8-19(17)3)16(21)14-10-13-6-4-5-7-15(13)18-11-14/h4-7,14,18H,8-12H2,1-3H3. The fourth-order valence-corrected chi connectivity index (χ4v) is 3.30. The van der Waals surface area contributed by atoms with E-state index >= 15 is 0 Å². The van der Waals surface area contributed by atoms with E-state index in [0.29, 0.717) is 5.91 Å². The monoisotopic (exact) mass is 287 g/mol. The number of fused-ring (bicyclic) bond motifs is 1. The minimum Gasteiger partial charge on any atom is -0.384 e. The Kier molecular flexibility index (Phi) is 3.66. The van der Waals surface area contributed by atoms with Gasteiger partial charge in [-0.05, 0) is 38.9 Å². The Hall–Kier alpha value is -1.55. The molecule has 114 valence electrons. The van der Waals surface area contributed by atoms with Crippen LogP contribution in [0.4, 0.5) is 5.69 Å². The molecule has 1 aromatic carbocycles. The first-order chi connectivity index (χ1) is 9.97. The molecular formula is C17H25N3O. The average Bonchev–Trinajstić information content (AvgIpc) is 2.48. The van der Waals surface area contributed by atoms with E-state index in [1.807, 2.05) is 12.1 Å². The number of piperazine rings is 1. The highest BCUT2D eigenvalue weighted by molar-refractivity contribution is 5.81. The van der Waals surface area contributed by atoms with E-state index in [1.54, 1.807) is 0 Å². The zero-order chi connectivity index (χ0) is 15.0. The molecule has 1 N–H and O–H groups in total. The molecule has 3 rings (SSSR count). The molecule has 1 fully saturated rings. The van der Waals surface area contributed by atoms with Crippen LogP contribution in [0.5, 0.6) is 0 Å². The van der Waals surface area contributed by atoms with Gasteiger partial charge in [-0.15, -0.1) is 0 Å². The minimum absolute atomic E-state index is 0.0634. The second-order valence-electron chi connectivity index (χ2n) is 6.93. The number of carbonyl (C=O) groups is 1. The summed E-state index contributed by atoms with van der Waals surface area (Å²) in [5.74, 6) is 0.372. The molecule has 2 aliphatic heterocycles. The second kappa shape index (κ2) is 5.34. The van der Waals surface area contributed by atoms with Crippen molar-refractivity contribution in [3.8, 4) is 0 Å². The molecule has 2 heterocycles. The Morgan fingerprint density at radius 2 is 2.05 bits per heavy atom. The van der Waals surface area contributed by atoms with E-state index in [0.717, 1.165) is 32.6 Å². The van der Waals surface area contributed by atoms with Gasteiger partial charge in [-0.2, -0.15) is 0 Å². The number of nitrogens with one attached hydrogen (secondary N) is 1. The van der Waals surface area contributed by atoms with Gasteiger partial charge in [0.05, 0.1) is 5.92 Å². The summed E-state index contributed by atoms with van der Waals surface area (Å²) < 4.78 is 0. The van der Waals surface area contributed by atoms with E-state index < -0.39 is 0 Å². The molecule has 1 atom stereocenters. The van der Waals surface area contributed by atoms with Gasteiger partial charge in [-0.1, -0.05) is 18.2 Å². The highest BCUT2D eigenvalue weighted by Gasteiger charge is 2.36. The summed E-state index contributed by atoms with van der Waals surface area (Å²) >= 11 is 0. The zero-order valence-corrected chi connectivity index (χ0v) is 13.2. The highest BCUT2D eigenvalue weighted by Crippen LogP contribution is 2.27. The van der Waals surface area contributed by atoms with Crippen molar-refractivity contribution in [3.63, 3.8) is 0 Å². The van der Waals surface area contributed by atoms with Crippen LogP contribution in [0.3, 0.4) is 0 Å². The number of rotatable bonds is 1. The lowest BCUT2D eigenvalue weighted by molar-refractivity contribution is -0.139. The molecule has 0 radical (unpaired) electrons. The van der Waals surface area contributed by atoms with Crippen LogP contribution in [-0.2, 0) is 11.2 Å². The number of benzene rings is 1. The van der Waals surface area contributed by atoms with Crippen LogP contribution in [0, 0.1) is 5.92 Å². The molecule has 1 unspecified atom stereocenters. The number of likely N-dealkylation sites (N-methyl/N-ethyl adjacent to an activating group) is 1. The van der Waals surface area contributed by atoms with Crippen molar-refractivity contribution in [1.82, 2.24) is 9.80 Å². The van der Waals surface area contributed by atoms with Crippen LogP contribution in [0.15, 0.2) is 24.3 Å². The van der Waals surface area contributed by atoms with Gasteiger partial charge in [-0.25, -0.2) is 0 Å². The Bertz CT molecular complexity index is 541. The fourth-order valence-electron chi connectivity index (χ4n) is 3.30. The second-order valence-corrected chi connectivity index (χ2v) is 6.93. The predicted molar refractivity (Wildman–Crippen MR) is 85.4 cm³/mol. The average molecular weight is 287 g/mol. The normalized spacial score (nSPS) is 25.1. The Labute approximate surface area is 127 Å². The largest absolute Gasteiger partial charge is 0.384 e. The van der Waals surface area contributed by atoms with Gasteiger partial charge in [0.1, 0.15) is 0 Å². The molecule has 4 nitrogen and oxygen atoms in total. The zero-order valence-electron chi connectivity index (χ0n) is 13.2. The number of anilines is 1. The molecule has 1 saturated heterocycles. The lowest BCUT2D eigenvalue weighted by Crippen LogP contribution is -2.60. The van der Waals surface area contributed by atoms with Gasteiger partial charge in [0.2, 0.25) is 5.91 Å².